The van der Waals surface area contributed by atoms with E-state index in [1.165, 1.54) is 4.90 Å². The maximum atomic E-state index is 13.2. The minimum atomic E-state index is -0.991. The van der Waals surface area contributed by atoms with Crippen LogP contribution >= 0.6 is 23.8 Å². The van der Waals surface area contributed by atoms with Crippen LogP contribution in [-0.4, -0.2) is 39.6 Å². The van der Waals surface area contributed by atoms with Gasteiger partial charge in [-0.15, -0.1) is 0 Å². The van der Waals surface area contributed by atoms with E-state index in [1.807, 2.05) is 42.5 Å². The van der Waals surface area contributed by atoms with E-state index in [2.05, 4.69) is 0 Å². The number of para-hydroxylation sites is 1. The molecule has 0 bridgehead atoms. The van der Waals surface area contributed by atoms with E-state index in [0.717, 1.165) is 5.56 Å². The summed E-state index contributed by atoms with van der Waals surface area (Å²) in [6, 6.07) is 15.7. The van der Waals surface area contributed by atoms with Gasteiger partial charge >= 0.3 is 5.97 Å². The normalized spacial score (nSPS) is 17.9. The number of hydrogen-bond donors (Lipinski definition) is 1. The van der Waals surface area contributed by atoms with Gasteiger partial charge in [0.15, 0.2) is 5.11 Å². The van der Waals surface area contributed by atoms with Gasteiger partial charge in [0.05, 0.1) is 11.6 Å². The van der Waals surface area contributed by atoms with Crippen molar-refractivity contribution in [3.05, 3.63) is 65.2 Å². The van der Waals surface area contributed by atoms with E-state index in [4.69, 9.17) is 23.8 Å². The third kappa shape index (κ3) is 4.03. The number of rotatable bonds is 7. The van der Waals surface area contributed by atoms with Crippen molar-refractivity contribution in [2.24, 2.45) is 5.92 Å². The average molecular weight is 417 g/mol. The van der Waals surface area contributed by atoms with E-state index >= 15 is 0 Å². The first kappa shape index (κ1) is 20.3. The summed E-state index contributed by atoms with van der Waals surface area (Å²) in [5.74, 6) is -2.11. The van der Waals surface area contributed by atoms with E-state index in [0.29, 0.717) is 35.2 Å². The number of carboxylic acid groups (broad SMARTS) is 1. The predicted molar refractivity (Wildman–Crippen MR) is 114 cm³/mol. The second-order valence-corrected chi connectivity index (χ2v) is 7.46. The number of thiocarbonyl (C=S) groups is 1. The summed E-state index contributed by atoms with van der Waals surface area (Å²) >= 11 is 11.5. The summed E-state index contributed by atoms with van der Waals surface area (Å²) < 4.78 is 0. The molecule has 7 heteroatoms. The molecule has 0 saturated carbocycles. The molecule has 1 saturated heterocycles. The lowest BCUT2D eigenvalue weighted by molar-refractivity contribution is -0.146. The van der Waals surface area contributed by atoms with Gasteiger partial charge < -0.3 is 10.0 Å². The summed E-state index contributed by atoms with van der Waals surface area (Å²) in [5, 5.41) is 10.7. The molecule has 1 N–H and O–H groups in total. The highest BCUT2D eigenvalue weighted by Crippen LogP contribution is 2.30. The number of hydrogen-bond acceptors (Lipinski definition) is 3. The number of anilines is 1. The largest absolute Gasteiger partial charge is 0.481 e. The molecule has 1 fully saturated rings. The Hall–Kier alpha value is -2.44. The van der Waals surface area contributed by atoms with Crippen molar-refractivity contribution in [3.63, 3.8) is 0 Å². The van der Waals surface area contributed by atoms with E-state index < -0.39 is 17.9 Å². The molecule has 2 aromatic carbocycles. The van der Waals surface area contributed by atoms with Gasteiger partial charge in [-0.25, -0.2) is 0 Å². The van der Waals surface area contributed by atoms with Crippen LogP contribution in [0.3, 0.4) is 0 Å². The first-order valence-corrected chi connectivity index (χ1v) is 9.89. The fourth-order valence-electron chi connectivity index (χ4n) is 3.48. The van der Waals surface area contributed by atoms with Crippen molar-refractivity contribution in [1.29, 1.82) is 0 Å². The average Bonchev–Trinajstić information content (AvgIpc) is 2.92. The van der Waals surface area contributed by atoms with Crippen molar-refractivity contribution < 1.29 is 14.7 Å². The Morgan fingerprint density at radius 2 is 1.82 bits per heavy atom. The van der Waals surface area contributed by atoms with Gasteiger partial charge in [0, 0.05) is 11.6 Å². The molecule has 2 unspecified atom stereocenters. The minimum Gasteiger partial charge on any atom is -0.481 e. The number of carbonyl (C=O) groups is 2. The first-order chi connectivity index (χ1) is 13.4. The van der Waals surface area contributed by atoms with E-state index in [1.54, 1.807) is 24.0 Å². The fraction of sp³-hybridized carbons (Fsp3) is 0.286. The molecule has 0 radical (unpaired) electrons. The Kier molecular flexibility index (Phi) is 6.31. The first-order valence-electron chi connectivity index (χ1n) is 9.11. The molecule has 2 atom stereocenters. The molecule has 0 aromatic heterocycles. The molecule has 3 rings (SSSR count). The number of benzene rings is 2. The molecule has 1 aliphatic heterocycles. The lowest BCUT2D eigenvalue weighted by atomic mass is 9.95. The van der Waals surface area contributed by atoms with Crippen molar-refractivity contribution in [1.82, 2.24) is 4.90 Å². The van der Waals surface area contributed by atoms with Crippen LogP contribution in [0.4, 0.5) is 5.69 Å². The molecule has 5 nitrogen and oxygen atoms in total. The van der Waals surface area contributed by atoms with Gasteiger partial charge in [-0.05, 0) is 54.9 Å². The molecule has 1 amide bonds. The summed E-state index contributed by atoms with van der Waals surface area (Å²) in [4.78, 5) is 28.2. The van der Waals surface area contributed by atoms with Gasteiger partial charge in [-0.1, -0.05) is 48.9 Å². The quantitative estimate of drug-likeness (QED) is 0.691. The maximum absolute atomic E-state index is 13.2. The Bertz CT molecular complexity index is 873. The highest BCUT2D eigenvalue weighted by atomic mass is 35.5. The summed E-state index contributed by atoms with van der Waals surface area (Å²) in [6.45, 7) is 2.22. The topological polar surface area (TPSA) is 60.9 Å². The van der Waals surface area contributed by atoms with Crippen molar-refractivity contribution in [3.8, 4) is 0 Å². The second-order valence-electron chi connectivity index (χ2n) is 6.66. The number of amides is 1. The summed E-state index contributed by atoms with van der Waals surface area (Å²) in [5.41, 5.74) is 1.69. The molecular formula is C21H21ClN2O3S. The smallest absolute Gasteiger partial charge is 0.309 e. The fourth-order valence-corrected chi connectivity index (χ4v) is 4.01. The van der Waals surface area contributed by atoms with Crippen LogP contribution < -0.4 is 4.90 Å². The lowest BCUT2D eigenvalue weighted by Gasteiger charge is -2.27. The van der Waals surface area contributed by atoms with Crippen LogP contribution in [-0.2, 0) is 16.0 Å². The van der Waals surface area contributed by atoms with Gasteiger partial charge in [-0.2, -0.15) is 0 Å². The number of carboxylic acids is 1. The van der Waals surface area contributed by atoms with Gasteiger partial charge in [0.25, 0.3) is 5.91 Å². The summed E-state index contributed by atoms with van der Waals surface area (Å²) in [7, 11) is 0. The highest BCUT2D eigenvalue weighted by molar-refractivity contribution is 7.80. The molecule has 146 valence electrons. The van der Waals surface area contributed by atoms with Crippen LogP contribution in [0.15, 0.2) is 54.6 Å². The monoisotopic (exact) mass is 416 g/mol. The zero-order chi connectivity index (χ0) is 20.3. The molecular weight excluding hydrogens is 396 g/mol. The molecule has 0 aliphatic carbocycles. The Morgan fingerprint density at radius 1 is 1.18 bits per heavy atom. The number of carbonyl (C=O) groups excluding carboxylic acids is 1. The Morgan fingerprint density at radius 3 is 2.39 bits per heavy atom. The maximum Gasteiger partial charge on any atom is 0.309 e. The Balaban J connectivity index is 1.91. The molecule has 0 spiro atoms. The van der Waals surface area contributed by atoms with Crippen LogP contribution in [0.1, 0.15) is 18.9 Å². The number of nitrogens with zero attached hydrogens (tertiary/aromatic N) is 2. The lowest BCUT2D eigenvalue weighted by Crippen LogP contribution is -2.44. The zero-order valence-electron chi connectivity index (χ0n) is 15.4. The molecule has 28 heavy (non-hydrogen) atoms. The zero-order valence-corrected chi connectivity index (χ0v) is 17.0. The minimum absolute atomic E-state index is 0.290. The van der Waals surface area contributed by atoms with E-state index in [9.17, 15) is 14.7 Å². The standard InChI is InChI=1S/C21H21ClN2O3S/c1-2-17(20(26)27)18-19(25)24(16-6-4-3-5-7-16)21(28)23(18)13-12-14-8-10-15(22)11-9-14/h3-11,17-18H,2,12-13H2,1H3,(H,26,27). The molecule has 2 aromatic rings. The number of halogens is 1. The number of aliphatic carboxylic acids is 1. The molecule has 1 aliphatic rings. The van der Waals surface area contributed by atoms with E-state index in [-0.39, 0.29) is 5.91 Å². The molecule has 1 heterocycles. The SMILES string of the molecule is CCC(C(=O)O)C1C(=O)N(c2ccccc2)C(=S)N1CCc1ccc(Cl)cc1. The third-order valence-corrected chi connectivity index (χ3v) is 5.62. The van der Waals surface area contributed by atoms with Crippen LogP contribution in [0.25, 0.3) is 0 Å². The van der Waals surface area contributed by atoms with Crippen molar-refractivity contribution >= 4 is 46.5 Å². The Labute approximate surface area is 174 Å². The van der Waals surface area contributed by atoms with Crippen LogP contribution in [0.2, 0.25) is 5.02 Å². The predicted octanol–water partition coefficient (Wildman–Crippen LogP) is 4.00. The third-order valence-electron chi connectivity index (χ3n) is 4.95. The second kappa shape index (κ2) is 8.71. The van der Waals surface area contributed by atoms with Crippen molar-refractivity contribution in [2.75, 3.05) is 11.4 Å². The summed E-state index contributed by atoms with van der Waals surface area (Å²) in [6.07, 6.45) is 0.966. The highest BCUT2D eigenvalue weighted by Gasteiger charge is 2.48. The van der Waals surface area contributed by atoms with Crippen LogP contribution in [0.5, 0.6) is 0 Å². The van der Waals surface area contributed by atoms with Crippen molar-refractivity contribution in [2.45, 2.75) is 25.8 Å². The van der Waals surface area contributed by atoms with Crippen LogP contribution in [0, 0.1) is 5.92 Å². The van der Waals surface area contributed by atoms with Gasteiger partial charge in [-0.3, -0.25) is 14.5 Å². The van der Waals surface area contributed by atoms with Gasteiger partial charge in [0.1, 0.15) is 6.04 Å². The van der Waals surface area contributed by atoms with Gasteiger partial charge in [0.2, 0.25) is 0 Å².